The molecule has 0 aliphatic carbocycles. The molecule has 1 N–H and O–H groups in total. The van der Waals surface area contributed by atoms with E-state index < -0.39 is 0 Å². The summed E-state index contributed by atoms with van der Waals surface area (Å²) in [7, 11) is 1.53. The van der Waals surface area contributed by atoms with Crippen LogP contribution in [0.3, 0.4) is 0 Å². The van der Waals surface area contributed by atoms with Gasteiger partial charge >= 0.3 is 0 Å². The Morgan fingerprint density at radius 2 is 1.78 bits per heavy atom. The van der Waals surface area contributed by atoms with E-state index in [1.165, 1.54) is 7.11 Å². The van der Waals surface area contributed by atoms with E-state index in [1.807, 2.05) is 49.4 Å². The van der Waals surface area contributed by atoms with Gasteiger partial charge in [0.1, 0.15) is 12.4 Å². The Morgan fingerprint density at radius 1 is 1.03 bits per heavy atom. The zero-order valence-corrected chi connectivity index (χ0v) is 19.9. The number of carbonyl (C=O) groups excluding carboxylic acids is 1. The van der Waals surface area contributed by atoms with Gasteiger partial charge in [-0.2, -0.15) is 5.10 Å². The van der Waals surface area contributed by atoms with Gasteiger partial charge in [0.25, 0.3) is 5.91 Å². The fraction of sp³-hybridized carbons (Fsp3) is 0.167. The van der Waals surface area contributed by atoms with E-state index in [0.717, 1.165) is 15.6 Å². The Kier molecular flexibility index (Phi) is 8.53. The van der Waals surface area contributed by atoms with Gasteiger partial charge in [-0.25, -0.2) is 5.43 Å². The average Bonchev–Trinajstić information content (AvgIpc) is 2.80. The zero-order chi connectivity index (χ0) is 22.9. The third kappa shape index (κ3) is 6.48. The first-order chi connectivity index (χ1) is 15.5. The van der Waals surface area contributed by atoms with Crippen molar-refractivity contribution in [2.24, 2.45) is 5.10 Å². The zero-order valence-electron chi connectivity index (χ0n) is 17.6. The summed E-state index contributed by atoms with van der Waals surface area (Å²) in [6, 6.07) is 18.0. The summed E-state index contributed by atoms with van der Waals surface area (Å²) in [5, 5.41) is 4.72. The molecule has 0 spiro atoms. The van der Waals surface area contributed by atoms with Gasteiger partial charge in [-0.05, 0) is 82.5 Å². The van der Waals surface area contributed by atoms with Crippen LogP contribution in [0, 0.1) is 0 Å². The first-order valence-corrected chi connectivity index (χ1v) is 11.0. The Hall–Kier alpha value is -3.03. The largest absolute Gasteiger partial charge is 0.493 e. The molecule has 0 fully saturated rings. The van der Waals surface area contributed by atoms with Crippen LogP contribution >= 0.6 is 27.5 Å². The van der Waals surface area contributed by atoms with Gasteiger partial charge < -0.3 is 14.2 Å². The quantitative estimate of drug-likeness (QED) is 0.285. The minimum Gasteiger partial charge on any atom is -0.493 e. The molecule has 0 saturated carbocycles. The number of carbonyl (C=O) groups is 1. The highest BCUT2D eigenvalue weighted by Crippen LogP contribution is 2.28. The lowest BCUT2D eigenvalue weighted by molar-refractivity contribution is 0.0954. The number of halogens is 2. The number of amides is 1. The Morgan fingerprint density at radius 3 is 2.47 bits per heavy atom. The van der Waals surface area contributed by atoms with Gasteiger partial charge in [0, 0.05) is 10.6 Å². The monoisotopic (exact) mass is 516 g/mol. The fourth-order valence-electron chi connectivity index (χ4n) is 2.77. The highest BCUT2D eigenvalue weighted by molar-refractivity contribution is 9.10. The topological polar surface area (TPSA) is 69.2 Å². The highest BCUT2D eigenvalue weighted by Gasteiger charge is 2.10. The SMILES string of the molecule is CCOc1ccc(C(=O)N/N=C/c2ccc(OCc3ccc(Cl)cc3)c(Br)c2)cc1OC. The molecule has 3 aromatic carbocycles. The standard InChI is InChI=1S/C24H22BrClN2O4/c1-3-31-22-11-7-18(13-23(22)30-2)24(29)28-27-14-17-6-10-21(20(25)12-17)32-15-16-4-8-19(26)9-5-16/h4-14H,3,15H2,1-2H3,(H,28,29)/b27-14+. The lowest BCUT2D eigenvalue weighted by Crippen LogP contribution is -2.17. The summed E-state index contributed by atoms with van der Waals surface area (Å²) in [6.07, 6.45) is 1.55. The second-order valence-electron chi connectivity index (χ2n) is 6.60. The molecule has 0 bridgehead atoms. The first kappa shape index (κ1) is 23.6. The molecule has 166 valence electrons. The van der Waals surface area contributed by atoms with E-state index in [4.69, 9.17) is 25.8 Å². The number of ether oxygens (including phenoxy) is 3. The maximum atomic E-state index is 12.4. The van der Waals surface area contributed by atoms with E-state index >= 15 is 0 Å². The summed E-state index contributed by atoms with van der Waals surface area (Å²) >= 11 is 9.41. The van der Waals surface area contributed by atoms with E-state index in [1.54, 1.807) is 24.4 Å². The molecular formula is C24H22BrClN2O4. The van der Waals surface area contributed by atoms with Crippen molar-refractivity contribution >= 4 is 39.7 Å². The second kappa shape index (κ2) is 11.5. The van der Waals surface area contributed by atoms with Crippen molar-refractivity contribution in [2.45, 2.75) is 13.5 Å². The molecule has 0 aromatic heterocycles. The van der Waals surface area contributed by atoms with Crippen molar-refractivity contribution in [2.75, 3.05) is 13.7 Å². The number of benzene rings is 3. The number of rotatable bonds is 9. The van der Waals surface area contributed by atoms with Crippen LogP contribution < -0.4 is 19.6 Å². The molecule has 0 unspecified atom stereocenters. The molecule has 0 saturated heterocycles. The lowest BCUT2D eigenvalue weighted by atomic mass is 10.2. The minimum absolute atomic E-state index is 0.357. The van der Waals surface area contributed by atoms with E-state index in [9.17, 15) is 4.79 Å². The van der Waals surface area contributed by atoms with Crippen molar-refractivity contribution in [3.8, 4) is 17.2 Å². The lowest BCUT2D eigenvalue weighted by Gasteiger charge is -2.10. The van der Waals surface area contributed by atoms with Crippen molar-refractivity contribution in [3.05, 3.63) is 86.8 Å². The Bertz CT molecular complexity index is 1100. The van der Waals surface area contributed by atoms with Gasteiger partial charge in [0.05, 0.1) is 24.4 Å². The van der Waals surface area contributed by atoms with E-state index in [-0.39, 0.29) is 5.91 Å². The van der Waals surface area contributed by atoms with Crippen molar-refractivity contribution in [3.63, 3.8) is 0 Å². The van der Waals surface area contributed by atoms with E-state index in [2.05, 4.69) is 26.5 Å². The molecule has 1 amide bonds. The van der Waals surface area contributed by atoms with Crippen molar-refractivity contribution in [1.82, 2.24) is 5.43 Å². The third-order valence-corrected chi connectivity index (χ3v) is 5.24. The molecule has 8 heteroatoms. The van der Waals surface area contributed by atoms with Gasteiger partial charge in [-0.3, -0.25) is 4.79 Å². The molecule has 3 aromatic rings. The number of methoxy groups -OCH3 is 1. The number of hydrogen-bond acceptors (Lipinski definition) is 5. The number of hydrogen-bond donors (Lipinski definition) is 1. The number of hydrazone groups is 1. The van der Waals surface area contributed by atoms with Crippen LogP contribution in [0.2, 0.25) is 5.02 Å². The van der Waals surface area contributed by atoms with Crippen LogP contribution in [0.5, 0.6) is 17.2 Å². The molecule has 0 aliphatic heterocycles. The predicted molar refractivity (Wildman–Crippen MR) is 129 cm³/mol. The van der Waals surface area contributed by atoms with Gasteiger partial charge in [-0.1, -0.05) is 23.7 Å². The molecule has 0 radical (unpaired) electrons. The van der Waals surface area contributed by atoms with Gasteiger partial charge in [0.15, 0.2) is 11.5 Å². The van der Waals surface area contributed by atoms with Crippen LogP contribution in [-0.2, 0) is 6.61 Å². The highest BCUT2D eigenvalue weighted by atomic mass is 79.9. The van der Waals surface area contributed by atoms with Crippen molar-refractivity contribution < 1.29 is 19.0 Å². The summed E-state index contributed by atoms with van der Waals surface area (Å²) in [4.78, 5) is 12.4. The van der Waals surface area contributed by atoms with Crippen LogP contribution in [0.1, 0.15) is 28.4 Å². The van der Waals surface area contributed by atoms with Gasteiger partial charge in [-0.15, -0.1) is 0 Å². The molecule has 6 nitrogen and oxygen atoms in total. The maximum absolute atomic E-state index is 12.4. The summed E-state index contributed by atoms with van der Waals surface area (Å²) < 4.78 is 17.4. The number of nitrogens with one attached hydrogen (secondary N) is 1. The molecule has 0 atom stereocenters. The normalized spacial score (nSPS) is 10.8. The molecule has 32 heavy (non-hydrogen) atoms. The Labute approximate surface area is 200 Å². The molecule has 0 aliphatic rings. The molecule has 3 rings (SSSR count). The smallest absolute Gasteiger partial charge is 0.271 e. The van der Waals surface area contributed by atoms with Gasteiger partial charge in [0.2, 0.25) is 0 Å². The van der Waals surface area contributed by atoms with Crippen LogP contribution in [0.15, 0.2) is 70.2 Å². The molecular weight excluding hydrogens is 496 g/mol. The summed E-state index contributed by atoms with van der Waals surface area (Å²) in [5.41, 5.74) is 4.73. The van der Waals surface area contributed by atoms with Crippen LogP contribution in [-0.4, -0.2) is 25.8 Å². The first-order valence-electron chi connectivity index (χ1n) is 9.81. The number of nitrogens with zero attached hydrogens (tertiary/aromatic N) is 1. The van der Waals surface area contributed by atoms with Crippen molar-refractivity contribution in [1.29, 1.82) is 0 Å². The average molecular weight is 518 g/mol. The third-order valence-electron chi connectivity index (χ3n) is 4.37. The summed E-state index contributed by atoms with van der Waals surface area (Å²) in [5.74, 6) is 1.41. The van der Waals surface area contributed by atoms with E-state index in [0.29, 0.717) is 41.0 Å². The molecule has 0 heterocycles. The van der Waals surface area contributed by atoms with Crippen LogP contribution in [0.4, 0.5) is 0 Å². The minimum atomic E-state index is -0.357. The van der Waals surface area contributed by atoms with Crippen LogP contribution in [0.25, 0.3) is 0 Å². The fourth-order valence-corrected chi connectivity index (χ4v) is 3.41. The second-order valence-corrected chi connectivity index (χ2v) is 7.89. The Balaban J connectivity index is 1.58. The summed E-state index contributed by atoms with van der Waals surface area (Å²) in [6.45, 7) is 2.81. The predicted octanol–water partition coefficient (Wildman–Crippen LogP) is 5.85. The maximum Gasteiger partial charge on any atom is 0.271 e.